The fourth-order valence-corrected chi connectivity index (χ4v) is 9.78. The highest BCUT2D eigenvalue weighted by molar-refractivity contribution is 5.80. The zero-order chi connectivity index (χ0) is 45.0. The van der Waals surface area contributed by atoms with Gasteiger partial charge in [0, 0.05) is 26.2 Å². The number of unbranched alkanes of at least 4 members (excludes halogenated alkanes) is 30. The maximum absolute atomic E-state index is 14.0. The van der Waals surface area contributed by atoms with E-state index in [0.29, 0.717) is 39.3 Å². The molecule has 0 N–H and O–H groups in total. The van der Waals surface area contributed by atoms with Crippen LogP contribution in [0.15, 0.2) is 0 Å². The summed E-state index contributed by atoms with van der Waals surface area (Å²) in [5.41, 5.74) is 0. The average Bonchev–Trinajstić information content (AvgIpc) is 3.28. The molecular formula is C56H112N4O2. The Morgan fingerprint density at radius 3 is 0.855 bits per heavy atom. The van der Waals surface area contributed by atoms with Crippen molar-refractivity contribution in [3.63, 3.8) is 0 Å². The number of carbonyl (C=O) groups excluding carboxylic acids is 2. The molecule has 0 radical (unpaired) electrons. The maximum Gasteiger partial charge on any atom is 0.236 e. The second-order valence-corrected chi connectivity index (χ2v) is 20.2. The van der Waals surface area contributed by atoms with Crippen molar-refractivity contribution in [1.82, 2.24) is 19.6 Å². The van der Waals surface area contributed by atoms with Crippen LogP contribution >= 0.6 is 0 Å². The molecule has 1 aliphatic heterocycles. The number of rotatable bonds is 47. The summed E-state index contributed by atoms with van der Waals surface area (Å²) in [6, 6.07) is 0. The number of piperazine rings is 1. The summed E-state index contributed by atoms with van der Waals surface area (Å²) in [7, 11) is 0. The standard InChI is InChI=1S/C56H112N4O2/c1-6-11-16-21-26-31-36-41-54(42-37-32-27-22-17-12-7-2)43-47-58(46-40-35-30-25-20-15-10-5)53-56(62)60-50-48-59(49-51-60)55(61)52-57(44-38-33-28-23-18-13-8-3)45-39-34-29-24-19-14-9-4/h54H,6-53H2,1-5H3. The summed E-state index contributed by atoms with van der Waals surface area (Å²) < 4.78 is 0. The minimum absolute atomic E-state index is 0.275. The van der Waals surface area contributed by atoms with Crippen LogP contribution in [0.1, 0.15) is 279 Å². The molecule has 62 heavy (non-hydrogen) atoms. The highest BCUT2D eigenvalue weighted by atomic mass is 16.2. The summed E-state index contributed by atoms with van der Waals surface area (Å²) in [6.45, 7) is 19.5. The van der Waals surface area contributed by atoms with E-state index in [2.05, 4.69) is 54.2 Å². The van der Waals surface area contributed by atoms with Crippen LogP contribution in [-0.2, 0) is 9.59 Å². The lowest BCUT2D eigenvalue weighted by atomic mass is 9.91. The minimum atomic E-state index is 0.275. The molecule has 0 bridgehead atoms. The third kappa shape index (κ3) is 35.2. The van der Waals surface area contributed by atoms with E-state index >= 15 is 0 Å². The van der Waals surface area contributed by atoms with E-state index in [1.165, 1.54) is 244 Å². The summed E-state index contributed by atoms with van der Waals surface area (Å²) in [6.07, 6.45) is 50.9. The van der Waals surface area contributed by atoms with Crippen molar-refractivity contribution in [2.75, 3.05) is 65.4 Å². The predicted octanol–water partition coefficient (Wildman–Crippen LogP) is 15.8. The van der Waals surface area contributed by atoms with Crippen LogP contribution in [0.2, 0.25) is 0 Å². The van der Waals surface area contributed by atoms with E-state index in [1.807, 2.05) is 0 Å². The van der Waals surface area contributed by atoms with E-state index in [-0.39, 0.29) is 11.8 Å². The number of hydrogen-bond acceptors (Lipinski definition) is 4. The van der Waals surface area contributed by atoms with Crippen LogP contribution in [0, 0.1) is 5.92 Å². The zero-order valence-corrected chi connectivity index (χ0v) is 43.1. The molecule has 2 amide bonds. The summed E-state index contributed by atoms with van der Waals surface area (Å²) in [5.74, 6) is 1.35. The van der Waals surface area contributed by atoms with Gasteiger partial charge in [0.05, 0.1) is 13.1 Å². The number of nitrogens with zero attached hydrogens (tertiary/aromatic N) is 4. The topological polar surface area (TPSA) is 47.1 Å². The van der Waals surface area contributed by atoms with E-state index in [1.54, 1.807) is 0 Å². The Morgan fingerprint density at radius 2 is 0.565 bits per heavy atom. The Bertz CT molecular complexity index is 916. The third-order valence-electron chi connectivity index (χ3n) is 14.2. The van der Waals surface area contributed by atoms with Gasteiger partial charge >= 0.3 is 0 Å². The van der Waals surface area contributed by atoms with Crippen molar-refractivity contribution in [3.05, 3.63) is 0 Å². The highest BCUT2D eigenvalue weighted by Crippen LogP contribution is 2.23. The molecule has 0 spiro atoms. The summed E-state index contributed by atoms with van der Waals surface area (Å²) in [4.78, 5) is 36.9. The molecule has 1 aliphatic rings. The Labute approximate surface area is 389 Å². The second-order valence-electron chi connectivity index (χ2n) is 20.2. The second kappa shape index (κ2) is 45.0. The molecular weight excluding hydrogens is 761 g/mol. The Balaban J connectivity index is 2.77. The van der Waals surface area contributed by atoms with Crippen molar-refractivity contribution in [1.29, 1.82) is 0 Å². The van der Waals surface area contributed by atoms with Crippen LogP contribution in [0.4, 0.5) is 0 Å². The van der Waals surface area contributed by atoms with Crippen molar-refractivity contribution in [2.45, 2.75) is 279 Å². The van der Waals surface area contributed by atoms with Crippen molar-refractivity contribution in [2.24, 2.45) is 5.92 Å². The van der Waals surface area contributed by atoms with Crippen LogP contribution in [-0.4, -0.2) is 96.9 Å². The molecule has 0 aromatic carbocycles. The molecule has 6 nitrogen and oxygen atoms in total. The molecule has 0 atom stereocenters. The molecule has 0 saturated carbocycles. The van der Waals surface area contributed by atoms with Crippen molar-refractivity contribution in [3.8, 4) is 0 Å². The smallest absolute Gasteiger partial charge is 0.236 e. The van der Waals surface area contributed by atoms with Gasteiger partial charge in [0.25, 0.3) is 0 Å². The van der Waals surface area contributed by atoms with Gasteiger partial charge < -0.3 is 9.80 Å². The fourth-order valence-electron chi connectivity index (χ4n) is 9.78. The van der Waals surface area contributed by atoms with E-state index < -0.39 is 0 Å². The number of hydrogen-bond donors (Lipinski definition) is 0. The quantitative estimate of drug-likeness (QED) is 0.0572. The third-order valence-corrected chi connectivity index (χ3v) is 14.2. The fraction of sp³-hybridized carbons (Fsp3) is 0.964. The number of amides is 2. The summed E-state index contributed by atoms with van der Waals surface area (Å²) >= 11 is 0. The van der Waals surface area contributed by atoms with Crippen LogP contribution < -0.4 is 0 Å². The molecule has 1 saturated heterocycles. The lowest BCUT2D eigenvalue weighted by Crippen LogP contribution is -2.54. The Hall–Kier alpha value is -1.14. The lowest BCUT2D eigenvalue weighted by Gasteiger charge is -2.37. The zero-order valence-electron chi connectivity index (χ0n) is 43.1. The van der Waals surface area contributed by atoms with Gasteiger partial charge in [-0.1, -0.05) is 253 Å². The van der Waals surface area contributed by atoms with Crippen LogP contribution in [0.5, 0.6) is 0 Å². The first-order valence-corrected chi connectivity index (χ1v) is 28.5. The lowest BCUT2D eigenvalue weighted by molar-refractivity contribution is -0.140. The molecule has 1 fully saturated rings. The maximum atomic E-state index is 14.0. The molecule has 1 heterocycles. The molecule has 0 aromatic heterocycles. The normalized spacial score (nSPS) is 13.4. The molecule has 1 rings (SSSR count). The van der Waals surface area contributed by atoms with Gasteiger partial charge in [-0.25, -0.2) is 0 Å². The van der Waals surface area contributed by atoms with Gasteiger partial charge in [0.15, 0.2) is 0 Å². The highest BCUT2D eigenvalue weighted by Gasteiger charge is 2.26. The molecule has 0 unspecified atom stereocenters. The first-order chi connectivity index (χ1) is 30.5. The minimum Gasteiger partial charge on any atom is -0.338 e. The molecule has 0 aromatic rings. The Morgan fingerprint density at radius 1 is 0.323 bits per heavy atom. The van der Waals surface area contributed by atoms with Crippen molar-refractivity contribution < 1.29 is 9.59 Å². The largest absolute Gasteiger partial charge is 0.338 e. The van der Waals surface area contributed by atoms with E-state index in [4.69, 9.17) is 0 Å². The van der Waals surface area contributed by atoms with Gasteiger partial charge in [-0.15, -0.1) is 0 Å². The van der Waals surface area contributed by atoms with Gasteiger partial charge in [-0.3, -0.25) is 19.4 Å². The van der Waals surface area contributed by atoms with E-state index in [0.717, 1.165) is 32.1 Å². The number of carbonyl (C=O) groups is 2. The first-order valence-electron chi connectivity index (χ1n) is 28.5. The monoisotopic (exact) mass is 873 g/mol. The SMILES string of the molecule is CCCCCCCCCC(CCCCCCCCC)CCN(CCCCCCCCC)CC(=O)N1CCN(C(=O)CN(CCCCCCCCC)CCCCCCCCC)CC1. The average molecular weight is 874 g/mol. The van der Waals surface area contributed by atoms with Crippen LogP contribution in [0.25, 0.3) is 0 Å². The van der Waals surface area contributed by atoms with Gasteiger partial charge in [0.1, 0.15) is 0 Å². The van der Waals surface area contributed by atoms with E-state index in [9.17, 15) is 9.59 Å². The van der Waals surface area contributed by atoms with Crippen LogP contribution in [0.3, 0.4) is 0 Å². The first kappa shape index (κ1) is 58.9. The van der Waals surface area contributed by atoms with Gasteiger partial charge in [-0.2, -0.15) is 0 Å². The predicted molar refractivity (Wildman–Crippen MR) is 273 cm³/mol. The molecule has 6 heteroatoms. The van der Waals surface area contributed by atoms with Gasteiger partial charge in [-0.05, 0) is 57.8 Å². The van der Waals surface area contributed by atoms with Crippen molar-refractivity contribution >= 4 is 11.8 Å². The summed E-state index contributed by atoms with van der Waals surface area (Å²) in [5, 5.41) is 0. The Kier molecular flexibility index (Phi) is 42.8. The van der Waals surface area contributed by atoms with Gasteiger partial charge in [0.2, 0.25) is 11.8 Å². The molecule has 368 valence electrons. The molecule has 0 aliphatic carbocycles.